The minimum atomic E-state index is -0.787. The van der Waals surface area contributed by atoms with Crippen LogP contribution < -0.4 is 0 Å². The van der Waals surface area contributed by atoms with Gasteiger partial charge in [0.25, 0.3) is 0 Å². The summed E-state index contributed by atoms with van der Waals surface area (Å²) in [6, 6.07) is 0. The number of allylic oxidation sites excluding steroid dienone is 2. The van der Waals surface area contributed by atoms with Crippen LogP contribution in [0.25, 0.3) is 0 Å². The molecule has 1 saturated carbocycles. The van der Waals surface area contributed by atoms with E-state index >= 15 is 0 Å². The summed E-state index contributed by atoms with van der Waals surface area (Å²) in [6.45, 7) is 2.12. The molecule has 0 saturated heterocycles. The molecule has 25 heavy (non-hydrogen) atoms. The molecule has 0 spiro atoms. The minimum Gasteiger partial charge on any atom is -0.481 e. The molecular formula is C20H34O5. The van der Waals surface area contributed by atoms with Gasteiger partial charge in [0, 0.05) is 18.8 Å². The molecule has 0 aromatic rings. The lowest BCUT2D eigenvalue weighted by atomic mass is 9.89. The maximum absolute atomic E-state index is 10.5. The van der Waals surface area contributed by atoms with Crippen LogP contribution in [-0.4, -0.2) is 44.7 Å². The zero-order valence-electron chi connectivity index (χ0n) is 15.3. The van der Waals surface area contributed by atoms with Crippen molar-refractivity contribution in [1.29, 1.82) is 0 Å². The fourth-order valence-electron chi connectivity index (χ4n) is 3.41. The van der Waals surface area contributed by atoms with Crippen molar-refractivity contribution in [3.8, 4) is 0 Å². The third-order valence-corrected chi connectivity index (χ3v) is 4.91. The van der Waals surface area contributed by atoms with Gasteiger partial charge >= 0.3 is 5.97 Å². The molecule has 0 amide bonds. The number of hydrogen-bond donors (Lipinski definition) is 4. The standard InChI is InChI=1S/C20H34O5/c1-2-3-6-9-15(21)12-13-17-16(18(22)14-19(17)23)10-7-4-5-8-11-20(24)25/h4,7,12-13,15-19,21-23H,2-3,5-6,8-11,14H2,1H3,(H,24,25)/b7-4+,13-12?/t15-,16-,17+,18-,19+/m0/s1. The van der Waals surface area contributed by atoms with Crippen LogP contribution in [0, 0.1) is 11.8 Å². The van der Waals surface area contributed by atoms with Crippen LogP contribution >= 0.6 is 0 Å². The van der Waals surface area contributed by atoms with Crippen LogP contribution in [0.4, 0.5) is 0 Å². The number of carbonyl (C=O) groups is 1. The van der Waals surface area contributed by atoms with Crippen molar-refractivity contribution in [2.75, 3.05) is 0 Å². The van der Waals surface area contributed by atoms with E-state index in [1.807, 2.05) is 18.2 Å². The Balaban J connectivity index is 2.46. The number of aliphatic hydroxyl groups excluding tert-OH is 3. The summed E-state index contributed by atoms with van der Waals surface area (Å²) in [6.07, 6.45) is 12.3. The van der Waals surface area contributed by atoms with E-state index in [0.29, 0.717) is 25.7 Å². The van der Waals surface area contributed by atoms with Gasteiger partial charge in [0.2, 0.25) is 0 Å². The molecule has 4 N–H and O–H groups in total. The summed E-state index contributed by atoms with van der Waals surface area (Å²) in [7, 11) is 0. The normalized spacial score (nSPS) is 28.2. The van der Waals surface area contributed by atoms with Crippen molar-refractivity contribution in [3.05, 3.63) is 24.3 Å². The fraction of sp³-hybridized carbons (Fsp3) is 0.750. The Hall–Kier alpha value is -1.17. The third kappa shape index (κ3) is 8.66. The second kappa shape index (κ2) is 12.2. The van der Waals surface area contributed by atoms with Crippen molar-refractivity contribution in [2.45, 2.75) is 83.0 Å². The van der Waals surface area contributed by atoms with Crippen LogP contribution in [0.15, 0.2) is 24.3 Å². The first kappa shape index (κ1) is 21.9. The van der Waals surface area contributed by atoms with Gasteiger partial charge in [0.05, 0.1) is 18.3 Å². The predicted octanol–water partition coefficient (Wildman–Crippen LogP) is 3.04. The van der Waals surface area contributed by atoms with E-state index < -0.39 is 24.3 Å². The third-order valence-electron chi connectivity index (χ3n) is 4.91. The molecule has 0 aromatic heterocycles. The average molecular weight is 354 g/mol. The van der Waals surface area contributed by atoms with Gasteiger partial charge in [-0.1, -0.05) is 50.5 Å². The van der Waals surface area contributed by atoms with E-state index in [1.54, 1.807) is 6.08 Å². The van der Waals surface area contributed by atoms with Crippen molar-refractivity contribution >= 4 is 5.97 Å². The highest BCUT2D eigenvalue weighted by Gasteiger charge is 2.39. The highest BCUT2D eigenvalue weighted by molar-refractivity contribution is 5.66. The Bertz CT molecular complexity index is 432. The Morgan fingerprint density at radius 3 is 2.60 bits per heavy atom. The summed E-state index contributed by atoms with van der Waals surface area (Å²) >= 11 is 0. The zero-order chi connectivity index (χ0) is 18.7. The molecule has 0 heterocycles. The second-order valence-electron chi connectivity index (χ2n) is 7.05. The number of rotatable bonds is 12. The first-order chi connectivity index (χ1) is 12.0. The van der Waals surface area contributed by atoms with Crippen LogP contribution in [0.1, 0.15) is 64.7 Å². The number of hydrogen-bond acceptors (Lipinski definition) is 4. The maximum Gasteiger partial charge on any atom is 0.303 e. The van der Waals surface area contributed by atoms with Gasteiger partial charge in [-0.05, 0) is 31.6 Å². The van der Waals surface area contributed by atoms with Crippen LogP contribution in [0.3, 0.4) is 0 Å². The van der Waals surface area contributed by atoms with Crippen LogP contribution in [0.5, 0.6) is 0 Å². The highest BCUT2D eigenvalue weighted by atomic mass is 16.4. The number of carboxylic acids is 1. The van der Waals surface area contributed by atoms with Gasteiger partial charge < -0.3 is 20.4 Å². The van der Waals surface area contributed by atoms with E-state index in [9.17, 15) is 20.1 Å². The molecular weight excluding hydrogens is 320 g/mol. The quantitative estimate of drug-likeness (QED) is 0.319. The Labute approximate surface area is 151 Å². The van der Waals surface area contributed by atoms with E-state index in [4.69, 9.17) is 5.11 Å². The molecule has 0 radical (unpaired) electrons. The summed E-state index contributed by atoms with van der Waals surface area (Å²) in [5.74, 6) is -1.00. The van der Waals surface area contributed by atoms with Crippen molar-refractivity contribution in [3.63, 3.8) is 0 Å². The van der Waals surface area contributed by atoms with E-state index in [0.717, 1.165) is 25.7 Å². The monoisotopic (exact) mass is 354 g/mol. The van der Waals surface area contributed by atoms with Gasteiger partial charge in [-0.25, -0.2) is 0 Å². The van der Waals surface area contributed by atoms with Gasteiger partial charge in [-0.15, -0.1) is 0 Å². The zero-order valence-corrected chi connectivity index (χ0v) is 15.3. The lowest BCUT2D eigenvalue weighted by Crippen LogP contribution is -2.20. The van der Waals surface area contributed by atoms with E-state index in [1.165, 1.54) is 0 Å². The average Bonchev–Trinajstić information content (AvgIpc) is 2.82. The topological polar surface area (TPSA) is 98.0 Å². The molecule has 0 aromatic carbocycles. The lowest BCUT2D eigenvalue weighted by molar-refractivity contribution is -0.137. The molecule has 1 rings (SSSR count). The van der Waals surface area contributed by atoms with Crippen LogP contribution in [-0.2, 0) is 4.79 Å². The molecule has 1 aliphatic rings. The van der Waals surface area contributed by atoms with E-state index in [-0.39, 0.29) is 18.3 Å². The van der Waals surface area contributed by atoms with Crippen molar-refractivity contribution < 1.29 is 25.2 Å². The summed E-state index contributed by atoms with van der Waals surface area (Å²) in [5, 5.41) is 39.0. The molecule has 5 nitrogen and oxygen atoms in total. The largest absolute Gasteiger partial charge is 0.481 e. The fourth-order valence-corrected chi connectivity index (χ4v) is 3.41. The van der Waals surface area contributed by atoms with Crippen molar-refractivity contribution in [1.82, 2.24) is 0 Å². The second-order valence-corrected chi connectivity index (χ2v) is 7.05. The number of unbranched alkanes of at least 4 members (excludes halogenated alkanes) is 3. The number of aliphatic hydroxyl groups is 3. The Kier molecular flexibility index (Phi) is 10.7. The summed E-state index contributed by atoms with van der Waals surface area (Å²) < 4.78 is 0. The SMILES string of the molecule is CCCCC[C@H](O)C=C[C@@H]1[C@H](C/C=C/CCCC(=O)O)[C@@H](O)C[C@H]1O. The van der Waals surface area contributed by atoms with Crippen LogP contribution in [0.2, 0.25) is 0 Å². The first-order valence-electron chi connectivity index (χ1n) is 9.55. The summed E-state index contributed by atoms with van der Waals surface area (Å²) in [4.78, 5) is 10.5. The number of carboxylic acid groups (broad SMARTS) is 1. The first-order valence-corrected chi connectivity index (χ1v) is 9.55. The Morgan fingerprint density at radius 2 is 1.92 bits per heavy atom. The molecule has 5 atom stereocenters. The van der Waals surface area contributed by atoms with Gasteiger partial charge in [-0.3, -0.25) is 4.79 Å². The molecule has 1 aliphatic carbocycles. The maximum atomic E-state index is 10.5. The smallest absolute Gasteiger partial charge is 0.303 e. The minimum absolute atomic E-state index is 0.0650. The molecule has 5 heteroatoms. The molecule has 0 unspecified atom stereocenters. The van der Waals surface area contributed by atoms with E-state index in [2.05, 4.69) is 6.92 Å². The highest BCUT2D eigenvalue weighted by Crippen LogP contribution is 2.36. The summed E-state index contributed by atoms with van der Waals surface area (Å²) in [5.41, 5.74) is 0. The Morgan fingerprint density at radius 1 is 1.16 bits per heavy atom. The molecule has 0 bridgehead atoms. The predicted molar refractivity (Wildman–Crippen MR) is 98.1 cm³/mol. The lowest BCUT2D eigenvalue weighted by Gasteiger charge is -2.19. The molecule has 0 aliphatic heterocycles. The van der Waals surface area contributed by atoms with Crippen molar-refractivity contribution in [2.24, 2.45) is 11.8 Å². The van der Waals surface area contributed by atoms with Gasteiger partial charge in [-0.2, -0.15) is 0 Å². The van der Waals surface area contributed by atoms with Gasteiger partial charge in [0.1, 0.15) is 0 Å². The molecule has 144 valence electrons. The molecule has 1 fully saturated rings. The number of aliphatic carboxylic acids is 1. The van der Waals surface area contributed by atoms with Gasteiger partial charge in [0.15, 0.2) is 0 Å².